The van der Waals surface area contributed by atoms with E-state index in [0.717, 1.165) is 6.42 Å². The van der Waals surface area contributed by atoms with E-state index in [0.29, 0.717) is 0 Å². The van der Waals surface area contributed by atoms with E-state index < -0.39 is 0 Å². The number of hydrogen-bond acceptors (Lipinski definition) is 1. The normalized spacial score (nSPS) is 15.4. The molecular weight excluding hydrogens is 701 g/mol. The maximum Gasteiger partial charge on any atom is 0.0542 e. The smallest absolute Gasteiger partial charge is 0.0542 e. The van der Waals surface area contributed by atoms with Crippen molar-refractivity contribution in [2.24, 2.45) is 0 Å². The summed E-state index contributed by atoms with van der Waals surface area (Å²) in [4.78, 5) is 2.56. The third-order valence-corrected chi connectivity index (χ3v) is 13.0. The molecule has 0 amide bonds. The number of aryl methyl sites for hydroxylation is 1. The van der Waals surface area contributed by atoms with Gasteiger partial charge in [0, 0.05) is 39.3 Å². The molecule has 1 atom stereocenters. The zero-order valence-electron chi connectivity index (χ0n) is 32.4. The SMILES string of the molecule is C1=CCC(c2ccccc2)C(N(c2ccc3c(c2)-c2cccc4cc5c(c-3c24)CCCC5)c2ccc3c(c2)c2ccccc2n3-c2ccccc2-c2ccccc2)=C1. The first-order valence-corrected chi connectivity index (χ1v) is 20.9. The number of anilines is 2. The van der Waals surface area contributed by atoms with Gasteiger partial charge in [0.25, 0.3) is 0 Å². The number of para-hydroxylation sites is 2. The van der Waals surface area contributed by atoms with Crippen molar-refractivity contribution in [2.75, 3.05) is 4.90 Å². The molecule has 9 aromatic rings. The second-order valence-corrected chi connectivity index (χ2v) is 16.2. The fourth-order valence-corrected chi connectivity index (χ4v) is 10.5. The highest BCUT2D eigenvalue weighted by molar-refractivity contribution is 6.17. The van der Waals surface area contributed by atoms with Crippen molar-refractivity contribution in [1.82, 2.24) is 4.57 Å². The van der Waals surface area contributed by atoms with E-state index in [9.17, 15) is 0 Å². The molecule has 0 saturated heterocycles. The fourth-order valence-electron chi connectivity index (χ4n) is 10.5. The van der Waals surface area contributed by atoms with E-state index in [1.807, 2.05) is 0 Å². The highest BCUT2D eigenvalue weighted by Crippen LogP contribution is 2.53. The average molecular weight is 743 g/mol. The number of allylic oxidation sites excluding steroid dienone is 4. The second-order valence-electron chi connectivity index (χ2n) is 16.2. The van der Waals surface area contributed by atoms with Crippen LogP contribution in [0.15, 0.2) is 194 Å². The first kappa shape index (κ1) is 33.3. The van der Waals surface area contributed by atoms with Gasteiger partial charge in [-0.1, -0.05) is 140 Å². The number of rotatable bonds is 6. The Bertz CT molecular complexity index is 3140. The molecule has 1 unspecified atom stereocenters. The van der Waals surface area contributed by atoms with Gasteiger partial charge in [0.1, 0.15) is 0 Å². The van der Waals surface area contributed by atoms with E-state index in [1.54, 1.807) is 11.1 Å². The first-order chi connectivity index (χ1) is 28.8. The summed E-state index contributed by atoms with van der Waals surface area (Å²) in [5.74, 6) is 0.210. The summed E-state index contributed by atoms with van der Waals surface area (Å²) in [7, 11) is 0. The molecule has 2 nitrogen and oxygen atoms in total. The third kappa shape index (κ3) is 5.11. The first-order valence-electron chi connectivity index (χ1n) is 20.9. The molecule has 3 aliphatic rings. The summed E-state index contributed by atoms with van der Waals surface area (Å²) >= 11 is 0. The molecule has 2 heteroatoms. The van der Waals surface area contributed by atoms with Crippen molar-refractivity contribution in [3.05, 3.63) is 210 Å². The van der Waals surface area contributed by atoms with Crippen molar-refractivity contribution in [2.45, 2.75) is 38.0 Å². The van der Waals surface area contributed by atoms with Crippen molar-refractivity contribution in [3.8, 4) is 39.1 Å². The molecule has 0 saturated carbocycles. The Morgan fingerprint density at radius 1 is 0.534 bits per heavy atom. The van der Waals surface area contributed by atoms with Gasteiger partial charge in [-0.05, 0) is 136 Å². The Kier molecular flexibility index (Phi) is 7.66. The molecule has 1 heterocycles. The monoisotopic (exact) mass is 742 g/mol. The largest absolute Gasteiger partial charge is 0.314 e. The fraction of sp³-hybridized carbons (Fsp3) is 0.107. The van der Waals surface area contributed by atoms with Crippen LogP contribution in [0.5, 0.6) is 0 Å². The maximum absolute atomic E-state index is 2.56. The van der Waals surface area contributed by atoms with E-state index in [1.165, 1.54) is 120 Å². The summed E-state index contributed by atoms with van der Waals surface area (Å²) in [6.07, 6.45) is 12.8. The Labute approximate surface area is 339 Å². The van der Waals surface area contributed by atoms with E-state index >= 15 is 0 Å². The molecule has 3 aliphatic carbocycles. The molecule has 0 N–H and O–H groups in total. The summed E-state index contributed by atoms with van der Waals surface area (Å²) in [6, 6.07) is 63.4. The molecule has 0 bridgehead atoms. The van der Waals surface area contributed by atoms with Gasteiger partial charge < -0.3 is 9.47 Å². The van der Waals surface area contributed by atoms with Crippen molar-refractivity contribution in [3.63, 3.8) is 0 Å². The Balaban J connectivity index is 1.08. The minimum atomic E-state index is 0.210. The number of nitrogens with zero attached hydrogens (tertiary/aromatic N) is 2. The van der Waals surface area contributed by atoms with E-state index in [-0.39, 0.29) is 5.92 Å². The quantitative estimate of drug-likeness (QED) is 0.165. The predicted molar refractivity (Wildman–Crippen MR) is 244 cm³/mol. The van der Waals surface area contributed by atoms with Crippen LogP contribution in [0, 0.1) is 0 Å². The van der Waals surface area contributed by atoms with Gasteiger partial charge in [-0.2, -0.15) is 0 Å². The van der Waals surface area contributed by atoms with E-state index in [2.05, 4.69) is 198 Å². The molecule has 276 valence electrons. The van der Waals surface area contributed by atoms with Crippen LogP contribution in [0.1, 0.15) is 41.9 Å². The van der Waals surface area contributed by atoms with Crippen LogP contribution >= 0.6 is 0 Å². The molecule has 0 radical (unpaired) electrons. The molecular formula is C56H42N2. The average Bonchev–Trinajstić information content (AvgIpc) is 3.81. The van der Waals surface area contributed by atoms with Gasteiger partial charge in [0.15, 0.2) is 0 Å². The van der Waals surface area contributed by atoms with Gasteiger partial charge in [-0.15, -0.1) is 0 Å². The maximum atomic E-state index is 2.56. The Morgan fingerprint density at radius 3 is 2.19 bits per heavy atom. The molecule has 0 aliphatic heterocycles. The molecule has 0 fully saturated rings. The summed E-state index contributed by atoms with van der Waals surface area (Å²) < 4.78 is 2.46. The molecule has 12 rings (SSSR count). The standard InChI is InChI=1S/C56H42N2/c1-3-16-37(17-4-1)43-22-9-12-27-51(43)57(41-30-32-48-49(35-41)47-26-15-21-40-34-39-20-7-8-24-45(39)56(48)55(40)47)42-31-33-54-50(36-42)46-25-11-14-29-53(46)58(54)52-28-13-10-23-44(52)38-18-5-2-6-19-38/h1-6,9-19,21,23,25-36,43H,7-8,20,22,24H2. The van der Waals surface area contributed by atoms with Crippen molar-refractivity contribution >= 4 is 44.0 Å². The Hall–Kier alpha value is -6.90. The summed E-state index contributed by atoms with van der Waals surface area (Å²) in [5.41, 5.74) is 19.7. The number of fused-ring (bicyclic) bond motifs is 8. The second kappa shape index (κ2) is 13.4. The molecule has 8 aromatic carbocycles. The summed E-state index contributed by atoms with van der Waals surface area (Å²) in [6.45, 7) is 0. The number of benzene rings is 8. The Morgan fingerprint density at radius 2 is 1.28 bits per heavy atom. The predicted octanol–water partition coefficient (Wildman–Crippen LogP) is 14.9. The number of aromatic nitrogens is 1. The lowest BCUT2D eigenvalue weighted by molar-refractivity contribution is 0.688. The van der Waals surface area contributed by atoms with Crippen molar-refractivity contribution in [1.29, 1.82) is 0 Å². The van der Waals surface area contributed by atoms with Gasteiger partial charge in [-0.25, -0.2) is 0 Å². The molecule has 0 spiro atoms. The number of hydrogen-bond donors (Lipinski definition) is 0. The lowest BCUT2D eigenvalue weighted by Crippen LogP contribution is -2.23. The van der Waals surface area contributed by atoms with Gasteiger partial charge in [0.05, 0.1) is 16.7 Å². The topological polar surface area (TPSA) is 8.17 Å². The van der Waals surface area contributed by atoms with Crippen LogP contribution in [0.25, 0.3) is 71.6 Å². The molecule has 1 aromatic heterocycles. The summed E-state index contributed by atoms with van der Waals surface area (Å²) in [5, 5.41) is 5.31. The highest BCUT2D eigenvalue weighted by Gasteiger charge is 2.30. The minimum Gasteiger partial charge on any atom is -0.314 e. The lowest BCUT2D eigenvalue weighted by Gasteiger charge is -2.34. The van der Waals surface area contributed by atoms with Crippen LogP contribution in [-0.2, 0) is 12.8 Å². The van der Waals surface area contributed by atoms with Crippen molar-refractivity contribution < 1.29 is 0 Å². The van der Waals surface area contributed by atoms with Crippen LogP contribution in [0.3, 0.4) is 0 Å². The van der Waals surface area contributed by atoms with E-state index in [4.69, 9.17) is 0 Å². The van der Waals surface area contributed by atoms with Gasteiger partial charge in [-0.3, -0.25) is 0 Å². The third-order valence-electron chi connectivity index (χ3n) is 13.0. The minimum absolute atomic E-state index is 0.210. The van der Waals surface area contributed by atoms with Crippen LogP contribution in [0.2, 0.25) is 0 Å². The van der Waals surface area contributed by atoms with Gasteiger partial charge >= 0.3 is 0 Å². The zero-order chi connectivity index (χ0) is 38.2. The van der Waals surface area contributed by atoms with Crippen LogP contribution < -0.4 is 4.90 Å². The zero-order valence-corrected chi connectivity index (χ0v) is 32.4. The lowest BCUT2D eigenvalue weighted by atomic mass is 9.84. The van der Waals surface area contributed by atoms with Crippen LogP contribution in [-0.4, -0.2) is 4.57 Å². The van der Waals surface area contributed by atoms with Crippen LogP contribution in [0.4, 0.5) is 11.4 Å². The highest BCUT2D eigenvalue weighted by atomic mass is 15.2. The molecule has 58 heavy (non-hydrogen) atoms. The van der Waals surface area contributed by atoms with Gasteiger partial charge in [0.2, 0.25) is 0 Å².